The Kier molecular flexibility index (Phi) is 6.89. The highest BCUT2D eigenvalue weighted by Gasteiger charge is 2.24. The lowest BCUT2D eigenvalue weighted by Gasteiger charge is -2.11. The van der Waals surface area contributed by atoms with Gasteiger partial charge in [0.05, 0.1) is 10.6 Å². The third-order valence-corrected chi connectivity index (χ3v) is 6.33. The average molecular weight is 483 g/mol. The van der Waals surface area contributed by atoms with Gasteiger partial charge in [-0.3, -0.25) is 4.79 Å². The molecule has 4 nitrogen and oxygen atoms in total. The highest BCUT2D eigenvalue weighted by atomic mass is 35.5. The first kappa shape index (κ1) is 22.5. The molecule has 162 valence electrons. The predicted octanol–water partition coefficient (Wildman–Crippen LogP) is 7.08. The van der Waals surface area contributed by atoms with Gasteiger partial charge in [-0.1, -0.05) is 65.2 Å². The Balaban J connectivity index is 1.53. The van der Waals surface area contributed by atoms with Crippen molar-refractivity contribution in [2.24, 2.45) is 4.99 Å². The smallest absolute Gasteiger partial charge is 0.264 e. The van der Waals surface area contributed by atoms with Crippen LogP contribution in [-0.2, 0) is 11.4 Å². The molecule has 1 aliphatic heterocycles. The van der Waals surface area contributed by atoms with Gasteiger partial charge in [-0.05, 0) is 61.5 Å². The largest absolute Gasteiger partial charge is 0.488 e. The molecule has 1 fully saturated rings. The molecule has 0 bridgehead atoms. The van der Waals surface area contributed by atoms with Crippen LogP contribution in [0.25, 0.3) is 6.08 Å². The molecule has 3 aromatic rings. The zero-order valence-corrected chi connectivity index (χ0v) is 19.8. The van der Waals surface area contributed by atoms with Crippen LogP contribution < -0.4 is 10.1 Å². The third kappa shape index (κ3) is 5.36. The van der Waals surface area contributed by atoms with Crippen LogP contribution in [0.3, 0.4) is 0 Å². The highest BCUT2D eigenvalue weighted by Crippen LogP contribution is 2.32. The number of halogens is 2. The van der Waals surface area contributed by atoms with E-state index < -0.39 is 0 Å². The third-order valence-electron chi connectivity index (χ3n) is 4.83. The number of carbonyl (C=O) groups excluding carboxylic acids is 1. The first-order chi connectivity index (χ1) is 15.4. The maximum atomic E-state index is 12.5. The number of hydrogen-bond donors (Lipinski definition) is 1. The minimum absolute atomic E-state index is 0.186. The Bertz CT molecular complexity index is 1250. The first-order valence-corrected chi connectivity index (χ1v) is 11.5. The van der Waals surface area contributed by atoms with Crippen LogP contribution in [0.4, 0.5) is 5.69 Å². The molecule has 1 amide bonds. The number of ether oxygens (including phenoxy) is 1. The van der Waals surface area contributed by atoms with Crippen molar-refractivity contribution in [1.82, 2.24) is 5.32 Å². The van der Waals surface area contributed by atoms with Gasteiger partial charge in [0.1, 0.15) is 12.4 Å². The van der Waals surface area contributed by atoms with E-state index in [1.165, 1.54) is 17.3 Å². The van der Waals surface area contributed by atoms with Gasteiger partial charge in [-0.15, -0.1) is 0 Å². The predicted molar refractivity (Wildman–Crippen MR) is 134 cm³/mol. The summed E-state index contributed by atoms with van der Waals surface area (Å²) in [6, 6.07) is 18.9. The molecule has 7 heteroatoms. The van der Waals surface area contributed by atoms with E-state index in [0.29, 0.717) is 25.9 Å². The van der Waals surface area contributed by atoms with Gasteiger partial charge in [0, 0.05) is 21.2 Å². The molecule has 0 aliphatic carbocycles. The number of benzene rings is 3. The van der Waals surface area contributed by atoms with Crippen LogP contribution in [0.2, 0.25) is 10.0 Å². The van der Waals surface area contributed by atoms with E-state index in [4.69, 9.17) is 27.9 Å². The summed E-state index contributed by atoms with van der Waals surface area (Å²) in [4.78, 5) is 17.7. The maximum Gasteiger partial charge on any atom is 0.264 e. The zero-order chi connectivity index (χ0) is 22.7. The van der Waals surface area contributed by atoms with Crippen molar-refractivity contribution in [2.45, 2.75) is 20.5 Å². The van der Waals surface area contributed by atoms with Crippen LogP contribution in [0.5, 0.6) is 5.75 Å². The van der Waals surface area contributed by atoms with Crippen LogP contribution >= 0.6 is 35.0 Å². The van der Waals surface area contributed by atoms with E-state index in [1.807, 2.05) is 62.4 Å². The summed E-state index contributed by atoms with van der Waals surface area (Å²) in [5.41, 5.74) is 4.69. The molecule has 0 atom stereocenters. The Morgan fingerprint density at radius 1 is 1.06 bits per heavy atom. The minimum atomic E-state index is -0.186. The molecule has 1 aliphatic rings. The fraction of sp³-hybridized carbons (Fsp3) is 0.120. The second kappa shape index (κ2) is 9.82. The molecule has 0 aromatic heterocycles. The number of thioether (sulfide) groups is 1. The summed E-state index contributed by atoms with van der Waals surface area (Å²) in [5, 5.41) is 4.52. The van der Waals surface area contributed by atoms with E-state index in [9.17, 15) is 4.79 Å². The van der Waals surface area contributed by atoms with Crippen molar-refractivity contribution in [3.8, 4) is 5.75 Å². The number of aliphatic imine (C=N–C) groups is 1. The molecular weight excluding hydrogens is 463 g/mol. The molecule has 0 spiro atoms. The van der Waals surface area contributed by atoms with Gasteiger partial charge >= 0.3 is 0 Å². The second-order valence-corrected chi connectivity index (χ2v) is 9.21. The lowest BCUT2D eigenvalue weighted by molar-refractivity contribution is -0.115. The molecule has 3 aromatic carbocycles. The van der Waals surface area contributed by atoms with Crippen LogP contribution in [-0.4, -0.2) is 11.1 Å². The van der Waals surface area contributed by atoms with Gasteiger partial charge in [0.15, 0.2) is 5.17 Å². The SMILES string of the molecule is Cc1ccc(N=C2NC(=O)/C(=C\c3ccccc3OCc3ccc(Cl)cc3Cl)S2)c(C)c1. The lowest BCUT2D eigenvalue weighted by atomic mass is 10.1. The molecule has 0 unspecified atom stereocenters. The summed E-state index contributed by atoms with van der Waals surface area (Å²) >= 11 is 13.5. The van der Waals surface area contributed by atoms with Crippen LogP contribution in [0, 0.1) is 13.8 Å². The quantitative estimate of drug-likeness (QED) is 0.395. The van der Waals surface area contributed by atoms with Crippen LogP contribution in [0.15, 0.2) is 70.6 Å². The first-order valence-electron chi connectivity index (χ1n) is 9.91. The van der Waals surface area contributed by atoms with Gasteiger partial charge in [0.25, 0.3) is 5.91 Å². The average Bonchev–Trinajstić information content (AvgIpc) is 3.09. The minimum Gasteiger partial charge on any atom is -0.488 e. The van der Waals surface area contributed by atoms with Crippen molar-refractivity contribution < 1.29 is 9.53 Å². The molecule has 0 radical (unpaired) electrons. The van der Waals surface area contributed by atoms with Crippen LogP contribution in [0.1, 0.15) is 22.3 Å². The topological polar surface area (TPSA) is 50.7 Å². The Morgan fingerprint density at radius 3 is 2.66 bits per heavy atom. The monoisotopic (exact) mass is 482 g/mol. The number of amidine groups is 1. The van der Waals surface area contributed by atoms with Crippen molar-refractivity contribution in [2.75, 3.05) is 0 Å². The zero-order valence-electron chi connectivity index (χ0n) is 17.5. The fourth-order valence-electron chi connectivity index (χ4n) is 3.19. The second-order valence-electron chi connectivity index (χ2n) is 7.33. The number of nitrogens with zero attached hydrogens (tertiary/aromatic N) is 1. The molecular formula is C25H20Cl2N2O2S. The molecule has 1 saturated heterocycles. The molecule has 1 heterocycles. The molecule has 32 heavy (non-hydrogen) atoms. The number of aryl methyl sites for hydroxylation is 2. The normalized spacial score (nSPS) is 15.9. The Labute approximate surface area is 201 Å². The standard InChI is InChI=1S/C25H20Cl2N2O2S/c1-15-7-10-21(16(2)11-15)28-25-29-24(30)23(32-25)12-17-5-3-4-6-22(17)31-14-18-8-9-19(26)13-20(18)27/h3-13H,14H2,1-2H3,(H,28,29,30)/b23-12+. The Morgan fingerprint density at radius 2 is 1.88 bits per heavy atom. The Hall–Kier alpha value is -2.73. The number of nitrogens with one attached hydrogen (secondary N) is 1. The van der Waals surface area contributed by atoms with E-state index in [0.717, 1.165) is 22.4 Å². The van der Waals surface area contributed by atoms with E-state index in [2.05, 4.69) is 16.4 Å². The summed E-state index contributed by atoms with van der Waals surface area (Å²) in [6.07, 6.45) is 1.81. The van der Waals surface area contributed by atoms with Gasteiger partial charge in [-0.25, -0.2) is 4.99 Å². The number of amides is 1. The van der Waals surface area contributed by atoms with E-state index >= 15 is 0 Å². The number of rotatable bonds is 5. The fourth-order valence-corrected chi connectivity index (χ4v) is 4.48. The summed E-state index contributed by atoms with van der Waals surface area (Å²) in [6.45, 7) is 4.33. The van der Waals surface area contributed by atoms with Crippen molar-refractivity contribution in [3.05, 3.63) is 97.9 Å². The van der Waals surface area contributed by atoms with Crippen molar-refractivity contribution in [3.63, 3.8) is 0 Å². The van der Waals surface area contributed by atoms with Gasteiger partial charge in [0.2, 0.25) is 0 Å². The summed E-state index contributed by atoms with van der Waals surface area (Å²) in [5.74, 6) is 0.466. The summed E-state index contributed by atoms with van der Waals surface area (Å²) in [7, 11) is 0. The maximum absolute atomic E-state index is 12.5. The number of para-hydroxylation sites is 1. The van der Waals surface area contributed by atoms with Gasteiger partial charge in [-0.2, -0.15) is 0 Å². The number of carbonyl (C=O) groups is 1. The summed E-state index contributed by atoms with van der Waals surface area (Å²) < 4.78 is 6.00. The van der Waals surface area contributed by atoms with Crippen molar-refractivity contribution >= 4 is 57.8 Å². The lowest BCUT2D eigenvalue weighted by Crippen LogP contribution is -2.19. The molecule has 4 rings (SSSR count). The molecule has 1 N–H and O–H groups in total. The van der Waals surface area contributed by atoms with E-state index in [-0.39, 0.29) is 12.5 Å². The molecule has 0 saturated carbocycles. The van der Waals surface area contributed by atoms with Gasteiger partial charge < -0.3 is 10.1 Å². The number of hydrogen-bond acceptors (Lipinski definition) is 4. The highest BCUT2D eigenvalue weighted by molar-refractivity contribution is 8.18. The van der Waals surface area contributed by atoms with Crippen molar-refractivity contribution in [1.29, 1.82) is 0 Å². The van der Waals surface area contributed by atoms with E-state index in [1.54, 1.807) is 12.1 Å².